The van der Waals surface area contributed by atoms with Gasteiger partial charge in [-0.3, -0.25) is 9.63 Å². The molecule has 4 heteroatoms. The van der Waals surface area contributed by atoms with Crippen molar-refractivity contribution in [2.24, 2.45) is 0 Å². The number of benzene rings is 2. The molecule has 2 aromatic carbocycles. The molecule has 1 N–H and O–H groups in total. The number of halogens is 1. The highest BCUT2D eigenvalue weighted by molar-refractivity contribution is 6.30. The van der Waals surface area contributed by atoms with Crippen molar-refractivity contribution < 1.29 is 9.63 Å². The molecule has 104 valence electrons. The van der Waals surface area contributed by atoms with Crippen LogP contribution in [-0.2, 0) is 16.2 Å². The molecule has 0 saturated heterocycles. The van der Waals surface area contributed by atoms with E-state index in [0.717, 1.165) is 16.7 Å². The molecule has 0 aliphatic carbocycles. The van der Waals surface area contributed by atoms with E-state index in [2.05, 4.69) is 5.48 Å². The van der Waals surface area contributed by atoms with Crippen molar-refractivity contribution in [3.63, 3.8) is 0 Å². The average molecular weight is 290 g/mol. The first-order valence-electron chi connectivity index (χ1n) is 6.33. The summed E-state index contributed by atoms with van der Waals surface area (Å²) in [7, 11) is 0. The molecule has 2 aromatic rings. The van der Waals surface area contributed by atoms with E-state index < -0.39 is 5.38 Å². The van der Waals surface area contributed by atoms with E-state index in [1.165, 1.54) is 0 Å². The maximum absolute atomic E-state index is 11.9. The van der Waals surface area contributed by atoms with E-state index in [-0.39, 0.29) is 5.91 Å². The van der Waals surface area contributed by atoms with Gasteiger partial charge in [0.1, 0.15) is 5.38 Å². The summed E-state index contributed by atoms with van der Waals surface area (Å²) in [5.41, 5.74) is 5.23. The van der Waals surface area contributed by atoms with Gasteiger partial charge in [-0.25, -0.2) is 5.48 Å². The van der Waals surface area contributed by atoms with Crippen molar-refractivity contribution >= 4 is 17.5 Å². The standard InChI is InChI=1S/C16H16ClNO2/c1-12-7-9-14(10-8-12)15(17)16(19)18-20-11-13-5-3-2-4-6-13/h2-10,15H,11H2,1H3,(H,18,19). The summed E-state index contributed by atoms with van der Waals surface area (Å²) < 4.78 is 0. The van der Waals surface area contributed by atoms with E-state index >= 15 is 0 Å². The third kappa shape index (κ3) is 4.08. The maximum Gasteiger partial charge on any atom is 0.266 e. The Labute approximate surface area is 123 Å². The summed E-state index contributed by atoms with van der Waals surface area (Å²) in [6.45, 7) is 2.29. The Morgan fingerprint density at radius 2 is 1.80 bits per heavy atom. The van der Waals surface area contributed by atoms with Gasteiger partial charge in [-0.15, -0.1) is 11.6 Å². The second-order valence-corrected chi connectivity index (χ2v) is 4.95. The molecule has 0 radical (unpaired) electrons. The van der Waals surface area contributed by atoms with Crippen LogP contribution < -0.4 is 5.48 Å². The highest BCUT2D eigenvalue weighted by Gasteiger charge is 2.17. The quantitative estimate of drug-likeness (QED) is 0.675. The van der Waals surface area contributed by atoms with Crippen LogP contribution in [0.5, 0.6) is 0 Å². The van der Waals surface area contributed by atoms with Crippen LogP contribution in [0.15, 0.2) is 54.6 Å². The van der Waals surface area contributed by atoms with Gasteiger partial charge in [0, 0.05) is 0 Å². The third-order valence-electron chi connectivity index (χ3n) is 2.85. The zero-order valence-corrected chi connectivity index (χ0v) is 11.9. The van der Waals surface area contributed by atoms with Crippen LogP contribution in [-0.4, -0.2) is 5.91 Å². The van der Waals surface area contributed by atoms with E-state index in [4.69, 9.17) is 16.4 Å². The minimum Gasteiger partial charge on any atom is -0.271 e. The van der Waals surface area contributed by atoms with Crippen LogP contribution in [0.3, 0.4) is 0 Å². The Morgan fingerprint density at radius 1 is 1.15 bits per heavy atom. The average Bonchev–Trinajstić information content (AvgIpc) is 2.48. The van der Waals surface area contributed by atoms with Gasteiger partial charge in [-0.05, 0) is 18.1 Å². The van der Waals surface area contributed by atoms with Gasteiger partial charge in [-0.1, -0.05) is 60.2 Å². The number of carbonyl (C=O) groups is 1. The summed E-state index contributed by atoms with van der Waals surface area (Å²) in [6.07, 6.45) is 0. The molecule has 0 spiro atoms. The summed E-state index contributed by atoms with van der Waals surface area (Å²) in [6, 6.07) is 17.1. The number of alkyl halides is 1. The summed E-state index contributed by atoms with van der Waals surface area (Å²) in [4.78, 5) is 17.0. The number of hydroxylamine groups is 1. The van der Waals surface area contributed by atoms with Crippen LogP contribution in [0.25, 0.3) is 0 Å². The van der Waals surface area contributed by atoms with Crippen LogP contribution in [0.1, 0.15) is 22.1 Å². The lowest BCUT2D eigenvalue weighted by molar-refractivity contribution is -0.134. The Hall–Kier alpha value is -1.84. The number of carbonyl (C=O) groups excluding carboxylic acids is 1. The first-order chi connectivity index (χ1) is 9.66. The van der Waals surface area contributed by atoms with Gasteiger partial charge in [0.25, 0.3) is 5.91 Å². The van der Waals surface area contributed by atoms with E-state index in [0.29, 0.717) is 6.61 Å². The topological polar surface area (TPSA) is 38.3 Å². The molecule has 0 heterocycles. The van der Waals surface area contributed by atoms with Crippen molar-refractivity contribution in [3.05, 3.63) is 71.3 Å². The molecular weight excluding hydrogens is 274 g/mol. The fourth-order valence-electron chi connectivity index (χ4n) is 1.70. The minimum absolute atomic E-state index is 0.310. The SMILES string of the molecule is Cc1ccc(C(Cl)C(=O)NOCc2ccccc2)cc1. The second kappa shape index (κ2) is 7.08. The monoisotopic (exact) mass is 289 g/mol. The first-order valence-corrected chi connectivity index (χ1v) is 6.76. The van der Waals surface area contributed by atoms with E-state index in [1.807, 2.05) is 61.5 Å². The van der Waals surface area contributed by atoms with Crippen molar-refractivity contribution in [2.75, 3.05) is 0 Å². The number of amides is 1. The van der Waals surface area contributed by atoms with E-state index in [1.54, 1.807) is 0 Å². The van der Waals surface area contributed by atoms with Gasteiger partial charge >= 0.3 is 0 Å². The molecule has 0 fully saturated rings. The number of aryl methyl sites for hydroxylation is 1. The zero-order chi connectivity index (χ0) is 14.4. The molecule has 2 rings (SSSR count). The second-order valence-electron chi connectivity index (χ2n) is 4.51. The predicted octanol–water partition coefficient (Wildman–Crippen LogP) is 3.52. The van der Waals surface area contributed by atoms with Gasteiger partial charge in [-0.2, -0.15) is 0 Å². The molecule has 20 heavy (non-hydrogen) atoms. The van der Waals surface area contributed by atoms with Crippen molar-refractivity contribution in [1.82, 2.24) is 5.48 Å². The lowest BCUT2D eigenvalue weighted by Gasteiger charge is -2.11. The lowest BCUT2D eigenvalue weighted by Crippen LogP contribution is -2.27. The van der Waals surface area contributed by atoms with Gasteiger partial charge < -0.3 is 0 Å². The predicted molar refractivity (Wildman–Crippen MR) is 79.1 cm³/mol. The zero-order valence-electron chi connectivity index (χ0n) is 11.2. The highest BCUT2D eigenvalue weighted by atomic mass is 35.5. The molecule has 1 unspecified atom stereocenters. The van der Waals surface area contributed by atoms with Crippen molar-refractivity contribution in [3.8, 4) is 0 Å². The molecule has 0 bridgehead atoms. The van der Waals surface area contributed by atoms with Crippen molar-refractivity contribution in [1.29, 1.82) is 0 Å². The number of rotatable bonds is 5. The maximum atomic E-state index is 11.9. The molecule has 1 amide bonds. The van der Waals surface area contributed by atoms with Gasteiger partial charge in [0.2, 0.25) is 0 Å². The molecule has 1 atom stereocenters. The largest absolute Gasteiger partial charge is 0.271 e. The molecule has 0 aliphatic rings. The molecule has 0 aromatic heterocycles. The van der Waals surface area contributed by atoms with Crippen LogP contribution in [0, 0.1) is 6.92 Å². The smallest absolute Gasteiger partial charge is 0.266 e. The van der Waals surface area contributed by atoms with Gasteiger partial charge in [0.15, 0.2) is 0 Å². The van der Waals surface area contributed by atoms with Crippen molar-refractivity contribution in [2.45, 2.75) is 18.9 Å². The van der Waals surface area contributed by atoms with E-state index in [9.17, 15) is 4.79 Å². The van der Waals surface area contributed by atoms with Crippen LogP contribution in [0.2, 0.25) is 0 Å². The summed E-state index contributed by atoms with van der Waals surface area (Å²) in [5, 5.41) is -0.758. The number of hydrogen-bond donors (Lipinski definition) is 1. The Morgan fingerprint density at radius 3 is 2.45 bits per heavy atom. The number of hydrogen-bond acceptors (Lipinski definition) is 2. The fourth-order valence-corrected chi connectivity index (χ4v) is 1.89. The normalized spacial score (nSPS) is 11.9. The Balaban J connectivity index is 1.84. The molecule has 0 aliphatic heterocycles. The van der Waals surface area contributed by atoms with Crippen LogP contribution in [0.4, 0.5) is 0 Å². The molecule has 3 nitrogen and oxygen atoms in total. The van der Waals surface area contributed by atoms with Crippen LogP contribution >= 0.6 is 11.6 Å². The Bertz CT molecular complexity index is 554. The third-order valence-corrected chi connectivity index (χ3v) is 3.30. The lowest BCUT2D eigenvalue weighted by atomic mass is 10.1. The first kappa shape index (κ1) is 14.6. The highest BCUT2D eigenvalue weighted by Crippen LogP contribution is 2.20. The Kier molecular flexibility index (Phi) is 5.16. The number of nitrogens with one attached hydrogen (secondary N) is 1. The summed E-state index contributed by atoms with van der Waals surface area (Å²) >= 11 is 6.10. The minimum atomic E-state index is -0.758. The fraction of sp³-hybridized carbons (Fsp3) is 0.188. The van der Waals surface area contributed by atoms with Gasteiger partial charge in [0.05, 0.1) is 6.61 Å². The molecular formula is C16H16ClNO2. The summed E-state index contributed by atoms with van der Waals surface area (Å²) in [5.74, 6) is -0.369. The molecule has 0 saturated carbocycles.